The maximum atomic E-state index is 13.1. The van der Waals surface area contributed by atoms with Crippen molar-refractivity contribution < 1.29 is 9.53 Å². The zero-order chi connectivity index (χ0) is 24.8. The molecule has 0 radical (unpaired) electrons. The number of thioether (sulfide) groups is 1. The number of halogens is 1. The average molecular weight is 495 g/mol. The van der Waals surface area contributed by atoms with Gasteiger partial charge in [0, 0.05) is 29.0 Å². The molecule has 6 N–H and O–H groups in total. The Morgan fingerprint density at radius 1 is 1.32 bits per heavy atom. The van der Waals surface area contributed by atoms with Crippen LogP contribution in [0.2, 0.25) is 5.15 Å². The van der Waals surface area contributed by atoms with Gasteiger partial charge in [-0.3, -0.25) is 10.2 Å². The van der Waals surface area contributed by atoms with Crippen LogP contribution in [-0.2, 0) is 0 Å². The number of rotatable bonds is 5. The summed E-state index contributed by atoms with van der Waals surface area (Å²) in [6.07, 6.45) is 4.70. The van der Waals surface area contributed by atoms with E-state index >= 15 is 0 Å². The van der Waals surface area contributed by atoms with E-state index in [1.807, 2.05) is 0 Å². The third kappa shape index (κ3) is 6.25. The highest BCUT2D eigenvalue weighted by atomic mass is 35.5. The summed E-state index contributed by atoms with van der Waals surface area (Å²) in [7, 11) is 1.48. The Bertz CT molecular complexity index is 1290. The molecule has 1 saturated carbocycles. The molecule has 1 aliphatic rings. The van der Waals surface area contributed by atoms with E-state index in [1.165, 1.54) is 13.3 Å². The number of allylic oxidation sites excluding steroid dienone is 1. The number of ether oxygens (including phenoxy) is 1. The van der Waals surface area contributed by atoms with Crippen LogP contribution in [0.4, 0.5) is 0 Å². The number of amides is 1. The Hall–Kier alpha value is -3.61. The molecular weight excluding hydrogens is 472 g/mol. The number of hydrogen-bond donors (Lipinski definition) is 4. The molecule has 10 heteroatoms. The van der Waals surface area contributed by atoms with Gasteiger partial charge in [0.05, 0.1) is 13.3 Å². The van der Waals surface area contributed by atoms with Crippen LogP contribution in [0, 0.1) is 28.6 Å². The molecule has 0 spiro atoms. The lowest BCUT2D eigenvalue weighted by Crippen LogP contribution is -2.13. The van der Waals surface area contributed by atoms with Gasteiger partial charge in [0.1, 0.15) is 15.9 Å². The molecule has 1 heterocycles. The number of aliphatic imine (C=N–C) groups is 1. The number of hydrogen-bond acceptors (Lipinski definition) is 7. The van der Waals surface area contributed by atoms with E-state index in [2.05, 4.69) is 21.8 Å². The highest BCUT2D eigenvalue weighted by Gasteiger charge is 2.20. The van der Waals surface area contributed by atoms with Crippen LogP contribution in [-0.4, -0.2) is 34.4 Å². The van der Waals surface area contributed by atoms with E-state index < -0.39 is 5.91 Å². The number of benzene rings is 1. The lowest BCUT2D eigenvalue weighted by molar-refractivity contribution is 0.100. The Balaban J connectivity index is 2.05. The van der Waals surface area contributed by atoms with Gasteiger partial charge in [-0.25, -0.2) is 4.98 Å². The summed E-state index contributed by atoms with van der Waals surface area (Å²) in [6, 6.07) is 6.51. The van der Waals surface area contributed by atoms with Crippen LogP contribution in [0.3, 0.4) is 0 Å². The maximum Gasteiger partial charge on any atom is 0.280 e. The van der Waals surface area contributed by atoms with Crippen molar-refractivity contribution >= 4 is 51.4 Å². The largest absolute Gasteiger partial charge is 0.494 e. The Labute approximate surface area is 206 Å². The quantitative estimate of drug-likeness (QED) is 0.210. The van der Waals surface area contributed by atoms with Gasteiger partial charge in [-0.15, -0.1) is 0 Å². The first-order valence-corrected chi connectivity index (χ1v) is 11.4. The number of carbonyl (C=O) groups excluding carboxylic acids is 1. The van der Waals surface area contributed by atoms with E-state index in [4.69, 9.17) is 38.6 Å². The molecule has 174 valence electrons. The van der Waals surface area contributed by atoms with Crippen molar-refractivity contribution in [3.63, 3.8) is 0 Å². The fraction of sp³-hybridized carbons (Fsp3) is 0.208. The van der Waals surface area contributed by atoms with Crippen molar-refractivity contribution in [2.75, 3.05) is 7.11 Å². The van der Waals surface area contributed by atoms with Crippen LogP contribution in [0.25, 0.3) is 16.8 Å². The molecule has 1 fully saturated rings. The molecule has 0 atom stereocenters. The lowest BCUT2D eigenvalue weighted by atomic mass is 9.95. The summed E-state index contributed by atoms with van der Waals surface area (Å²) < 4.78 is 5.42. The number of carbonyl (C=O) groups is 1. The normalized spacial score (nSPS) is 13.9. The van der Waals surface area contributed by atoms with E-state index in [1.54, 1.807) is 31.2 Å². The summed E-state index contributed by atoms with van der Waals surface area (Å²) in [5, 5.41) is 15.5. The standard InChI is InChI=1S/C24H23ClN6O2S/c1-13(11-26)22(28)15-6-7-16(17(9-15)18-10-20(25)30-12-19(18)33-2)23(32)31-24(29)34-21(27)8-5-14-3-4-14/h6-7,9-12,14,26-27H,3-4,28H2,1-2H3,(H2,29,31,32)/b22-13-,26-11?,27-21?. The number of methoxy groups -OCH3 is 1. The third-order valence-electron chi connectivity index (χ3n) is 4.93. The number of nitrogens with zero attached hydrogens (tertiary/aromatic N) is 2. The summed E-state index contributed by atoms with van der Waals surface area (Å²) in [5.41, 5.74) is 14.9. The van der Waals surface area contributed by atoms with Crippen LogP contribution in [0.15, 0.2) is 41.0 Å². The van der Waals surface area contributed by atoms with Gasteiger partial charge in [0.15, 0.2) is 5.17 Å². The zero-order valence-electron chi connectivity index (χ0n) is 18.6. The second kappa shape index (κ2) is 11.0. The van der Waals surface area contributed by atoms with Gasteiger partial charge in [-0.05, 0) is 72.3 Å². The minimum atomic E-state index is -0.615. The van der Waals surface area contributed by atoms with Crippen molar-refractivity contribution in [3.05, 3.63) is 52.3 Å². The minimum absolute atomic E-state index is 0.0270. The Morgan fingerprint density at radius 3 is 2.71 bits per heavy atom. The first kappa shape index (κ1) is 25.0. The number of nitrogens with one attached hydrogen (secondary N) is 2. The molecular formula is C24H23ClN6O2S. The Morgan fingerprint density at radius 2 is 2.06 bits per heavy atom. The Kier molecular flexibility index (Phi) is 8.10. The SMILES string of the molecule is COc1cnc(Cl)cc1-c1cc(/C(N)=C(\C)C=N)ccc1C(=O)N=C(N)SC(=N)C#CC1CC1. The number of amidine groups is 1. The minimum Gasteiger partial charge on any atom is -0.494 e. The highest BCUT2D eigenvalue weighted by Crippen LogP contribution is 2.35. The van der Waals surface area contributed by atoms with Gasteiger partial charge < -0.3 is 21.6 Å². The van der Waals surface area contributed by atoms with Crippen LogP contribution < -0.4 is 16.2 Å². The predicted molar refractivity (Wildman–Crippen MR) is 139 cm³/mol. The molecule has 1 aromatic heterocycles. The first-order valence-electron chi connectivity index (χ1n) is 10.2. The molecule has 0 bridgehead atoms. The molecule has 3 rings (SSSR count). The zero-order valence-corrected chi connectivity index (χ0v) is 20.2. The van der Waals surface area contributed by atoms with E-state index in [0.29, 0.717) is 39.6 Å². The summed E-state index contributed by atoms with van der Waals surface area (Å²) in [6.45, 7) is 1.72. The van der Waals surface area contributed by atoms with Crippen LogP contribution >= 0.6 is 23.4 Å². The topological polar surface area (TPSA) is 151 Å². The third-order valence-corrected chi connectivity index (χ3v) is 5.75. The number of aromatic nitrogens is 1. The highest BCUT2D eigenvalue weighted by molar-refractivity contribution is 8.26. The van der Waals surface area contributed by atoms with Crippen LogP contribution in [0.5, 0.6) is 5.75 Å². The smallest absolute Gasteiger partial charge is 0.280 e. The number of pyridine rings is 1. The van der Waals surface area contributed by atoms with Crippen LogP contribution in [0.1, 0.15) is 35.7 Å². The summed E-state index contributed by atoms with van der Waals surface area (Å²) in [5.74, 6) is 5.83. The second-order valence-electron chi connectivity index (χ2n) is 7.44. The van der Waals surface area contributed by atoms with E-state index in [0.717, 1.165) is 30.8 Å². The van der Waals surface area contributed by atoms with Gasteiger partial charge in [-0.1, -0.05) is 23.6 Å². The molecule has 34 heavy (non-hydrogen) atoms. The monoisotopic (exact) mass is 494 g/mol. The lowest BCUT2D eigenvalue weighted by Gasteiger charge is -2.14. The summed E-state index contributed by atoms with van der Waals surface area (Å²) in [4.78, 5) is 21.1. The van der Waals surface area contributed by atoms with Crippen molar-refractivity contribution in [2.45, 2.75) is 19.8 Å². The van der Waals surface area contributed by atoms with E-state index in [-0.39, 0.29) is 20.9 Å². The molecule has 0 saturated heterocycles. The molecule has 1 aromatic carbocycles. The van der Waals surface area contributed by atoms with Gasteiger partial charge in [0.25, 0.3) is 5.91 Å². The molecule has 1 aliphatic carbocycles. The molecule has 0 aliphatic heterocycles. The maximum absolute atomic E-state index is 13.1. The average Bonchev–Trinajstić information content (AvgIpc) is 3.65. The second-order valence-corrected chi connectivity index (χ2v) is 8.86. The molecule has 0 unspecified atom stereocenters. The number of nitrogens with two attached hydrogens (primary N) is 2. The van der Waals surface area contributed by atoms with Crippen molar-refractivity contribution in [3.8, 4) is 28.7 Å². The first-order chi connectivity index (χ1) is 16.2. The van der Waals surface area contributed by atoms with Gasteiger partial charge in [0.2, 0.25) is 0 Å². The van der Waals surface area contributed by atoms with Crippen molar-refractivity contribution in [2.24, 2.45) is 22.4 Å². The van der Waals surface area contributed by atoms with Gasteiger partial charge in [-0.2, -0.15) is 4.99 Å². The molecule has 8 nitrogen and oxygen atoms in total. The fourth-order valence-electron chi connectivity index (χ4n) is 2.93. The van der Waals surface area contributed by atoms with Crippen molar-refractivity contribution in [1.82, 2.24) is 4.98 Å². The fourth-order valence-corrected chi connectivity index (χ4v) is 3.53. The summed E-state index contributed by atoms with van der Waals surface area (Å²) >= 11 is 6.95. The molecule has 2 aromatic rings. The van der Waals surface area contributed by atoms with E-state index in [9.17, 15) is 4.79 Å². The van der Waals surface area contributed by atoms with Crippen molar-refractivity contribution in [1.29, 1.82) is 10.8 Å². The predicted octanol–water partition coefficient (Wildman–Crippen LogP) is 4.33. The molecule has 1 amide bonds. The van der Waals surface area contributed by atoms with Gasteiger partial charge >= 0.3 is 0 Å².